The highest BCUT2D eigenvalue weighted by atomic mass is 32.1. The smallest absolute Gasteiger partial charge is 0.143 e. The van der Waals surface area contributed by atoms with Crippen molar-refractivity contribution in [1.29, 1.82) is 0 Å². The Morgan fingerprint density at radius 3 is 1.75 bits per heavy atom. The molecule has 0 saturated heterocycles. The van der Waals surface area contributed by atoms with Gasteiger partial charge in [0.15, 0.2) is 0 Å². The number of hydrogen-bond donors (Lipinski definition) is 0. The Morgan fingerprint density at radius 1 is 0.375 bits per heavy atom. The van der Waals surface area contributed by atoms with Gasteiger partial charge in [-0.2, -0.15) is 0 Å². The predicted octanol–water partition coefficient (Wildman–Crippen LogP) is 17.5. The maximum absolute atomic E-state index is 6.53. The van der Waals surface area contributed by atoms with Crippen LogP contribution in [0.25, 0.3) is 103 Å². The number of fused-ring (bicyclic) bond motifs is 9. The van der Waals surface area contributed by atoms with Crippen molar-refractivity contribution in [3.63, 3.8) is 0 Å². The first-order valence-corrected chi connectivity index (χ1v) is 22.6. The first-order chi connectivity index (χ1) is 31.7. The fraction of sp³-hybridized carbons (Fsp3) is 0. The lowest BCUT2D eigenvalue weighted by Gasteiger charge is -2.27. The summed E-state index contributed by atoms with van der Waals surface area (Å²) in [5.41, 5.74) is 15.5. The second-order valence-electron chi connectivity index (χ2n) is 16.5. The summed E-state index contributed by atoms with van der Waals surface area (Å²) >= 11 is 1.86. The van der Waals surface area contributed by atoms with Crippen molar-refractivity contribution in [1.82, 2.24) is 4.57 Å². The fourth-order valence-corrected chi connectivity index (χ4v) is 10.9. The predicted molar refractivity (Wildman–Crippen MR) is 272 cm³/mol. The molecule has 3 heterocycles. The Labute approximate surface area is 373 Å². The van der Waals surface area contributed by atoms with E-state index < -0.39 is 0 Å². The number of hydrogen-bond acceptors (Lipinski definition) is 3. The van der Waals surface area contributed by atoms with Crippen molar-refractivity contribution in [3.8, 4) is 39.1 Å². The van der Waals surface area contributed by atoms with Gasteiger partial charge in [0.25, 0.3) is 0 Å². The van der Waals surface area contributed by atoms with Crippen molar-refractivity contribution in [2.75, 3.05) is 4.90 Å². The minimum Gasteiger partial charge on any atom is -0.455 e. The quantitative estimate of drug-likeness (QED) is 0.159. The third kappa shape index (κ3) is 5.88. The zero-order chi connectivity index (χ0) is 42.1. The minimum atomic E-state index is 0.889. The van der Waals surface area contributed by atoms with Crippen LogP contribution in [-0.2, 0) is 0 Å². The van der Waals surface area contributed by atoms with Crippen LogP contribution in [-0.4, -0.2) is 4.57 Å². The second kappa shape index (κ2) is 14.7. The van der Waals surface area contributed by atoms with Crippen molar-refractivity contribution >= 4 is 92.3 Å². The van der Waals surface area contributed by atoms with Crippen LogP contribution in [0.5, 0.6) is 0 Å². The van der Waals surface area contributed by atoms with Crippen LogP contribution in [0.15, 0.2) is 235 Å². The number of benzene rings is 10. The van der Waals surface area contributed by atoms with Crippen molar-refractivity contribution in [2.24, 2.45) is 0 Å². The molecule has 0 aliphatic heterocycles. The summed E-state index contributed by atoms with van der Waals surface area (Å²) in [7, 11) is 0. The molecule has 3 aromatic heterocycles. The van der Waals surface area contributed by atoms with Crippen LogP contribution in [0.4, 0.5) is 17.1 Å². The summed E-state index contributed by atoms with van der Waals surface area (Å²) in [6.07, 6.45) is 0. The minimum absolute atomic E-state index is 0.889. The maximum Gasteiger partial charge on any atom is 0.143 e. The van der Waals surface area contributed by atoms with E-state index in [4.69, 9.17) is 4.42 Å². The van der Waals surface area contributed by atoms with E-state index in [-0.39, 0.29) is 0 Å². The number of para-hydroxylation sites is 3. The van der Waals surface area contributed by atoms with Crippen molar-refractivity contribution in [3.05, 3.63) is 231 Å². The summed E-state index contributed by atoms with van der Waals surface area (Å²) < 4.78 is 11.6. The molecule has 13 aromatic rings. The summed E-state index contributed by atoms with van der Waals surface area (Å²) in [5, 5.41) is 7.29. The van der Waals surface area contributed by atoms with Crippen LogP contribution in [0.3, 0.4) is 0 Å². The zero-order valence-electron chi connectivity index (χ0n) is 34.7. The van der Waals surface area contributed by atoms with Crippen LogP contribution in [0, 0.1) is 0 Å². The van der Waals surface area contributed by atoms with Gasteiger partial charge in [-0.25, -0.2) is 0 Å². The summed E-state index contributed by atoms with van der Waals surface area (Å²) in [4.78, 5) is 2.42. The number of nitrogens with zero attached hydrogens (tertiary/aromatic N) is 2. The molecule has 0 fully saturated rings. The van der Waals surface area contributed by atoms with Crippen LogP contribution in [0.2, 0.25) is 0 Å². The van der Waals surface area contributed by atoms with Crippen molar-refractivity contribution in [2.45, 2.75) is 0 Å². The lowest BCUT2D eigenvalue weighted by Crippen LogP contribution is -2.10. The van der Waals surface area contributed by atoms with E-state index in [2.05, 4.69) is 234 Å². The van der Waals surface area contributed by atoms with Crippen LogP contribution in [0.1, 0.15) is 0 Å². The van der Waals surface area contributed by atoms with Gasteiger partial charge < -0.3 is 13.9 Å². The van der Waals surface area contributed by atoms with E-state index in [9.17, 15) is 0 Å². The fourth-order valence-electron chi connectivity index (χ4n) is 9.80. The van der Waals surface area contributed by atoms with Gasteiger partial charge in [0, 0.05) is 64.3 Å². The lowest BCUT2D eigenvalue weighted by atomic mass is 9.99. The van der Waals surface area contributed by atoms with E-state index in [0.29, 0.717) is 0 Å². The molecule has 0 N–H and O–H groups in total. The van der Waals surface area contributed by atoms with Gasteiger partial charge in [-0.05, 0) is 107 Å². The molecule has 0 aliphatic rings. The number of thiophene rings is 1. The third-order valence-electron chi connectivity index (χ3n) is 12.8. The van der Waals surface area contributed by atoms with Gasteiger partial charge in [-0.3, -0.25) is 0 Å². The Bertz CT molecular complexity index is 3880. The van der Waals surface area contributed by atoms with Gasteiger partial charge in [-0.1, -0.05) is 152 Å². The van der Waals surface area contributed by atoms with Crippen LogP contribution >= 0.6 is 11.3 Å². The normalized spacial score (nSPS) is 11.8. The van der Waals surface area contributed by atoms with Gasteiger partial charge in [0.05, 0.1) is 16.7 Å². The van der Waals surface area contributed by atoms with Gasteiger partial charge in [-0.15, -0.1) is 11.3 Å². The summed E-state index contributed by atoms with van der Waals surface area (Å²) in [6.45, 7) is 0. The van der Waals surface area contributed by atoms with E-state index in [0.717, 1.165) is 72.5 Å². The number of rotatable bonds is 7. The second-order valence-corrected chi connectivity index (χ2v) is 17.5. The molecule has 3 nitrogen and oxygen atoms in total. The first kappa shape index (κ1) is 36.5. The molecule has 0 radical (unpaired) electrons. The average Bonchev–Trinajstić information content (AvgIpc) is 4.04. The molecule has 0 atom stereocenters. The molecule has 0 amide bonds. The maximum atomic E-state index is 6.53. The van der Waals surface area contributed by atoms with E-state index >= 15 is 0 Å². The lowest BCUT2D eigenvalue weighted by molar-refractivity contribution is 0.670. The highest BCUT2D eigenvalue weighted by molar-refractivity contribution is 7.25. The SMILES string of the molecule is c1ccc(-c2cccc3c2oc2ccc(-c4ccc(N(c5ccc(-c6ccc7c(c6)sc6ccccc67)cc5)c5cccc6c5c5ccccc5n6-c5ccccc5)cc4)cc23)cc1. The molecule has 13 rings (SSSR count). The van der Waals surface area contributed by atoms with E-state index in [1.807, 2.05) is 17.4 Å². The monoisotopic (exact) mass is 834 g/mol. The largest absolute Gasteiger partial charge is 0.455 e. The van der Waals surface area contributed by atoms with E-state index in [1.165, 1.54) is 47.6 Å². The van der Waals surface area contributed by atoms with Crippen LogP contribution < -0.4 is 4.90 Å². The molecule has 10 aromatic carbocycles. The van der Waals surface area contributed by atoms with Gasteiger partial charge in [0.2, 0.25) is 0 Å². The Morgan fingerprint density at radius 2 is 0.969 bits per heavy atom. The highest BCUT2D eigenvalue weighted by Crippen LogP contribution is 2.45. The molecular formula is C60H38N2OS. The van der Waals surface area contributed by atoms with Gasteiger partial charge >= 0.3 is 0 Å². The summed E-state index contributed by atoms with van der Waals surface area (Å²) in [6, 6.07) is 83.4. The molecule has 0 aliphatic carbocycles. The van der Waals surface area contributed by atoms with E-state index in [1.54, 1.807) is 0 Å². The standard InChI is InChI=1S/C60H38N2OS/c1-3-13-41(14-4-1)47-19-11-20-50-52-37-42(30-36-56(52)63-60(47)50)39-25-31-45(32-26-39)61(46-33-27-40(28-34-46)43-29-35-49-48-17-8-10-24-57(48)64-58(49)38-43)54-22-12-23-55-59(54)51-18-7-9-21-53(51)62(55)44-15-5-2-6-16-44/h1-38H. The molecular weight excluding hydrogens is 797 g/mol. The number of anilines is 3. The Hall–Kier alpha value is -8.18. The molecule has 4 heteroatoms. The topological polar surface area (TPSA) is 21.3 Å². The summed E-state index contributed by atoms with van der Waals surface area (Å²) in [5.74, 6) is 0. The average molecular weight is 835 g/mol. The molecule has 64 heavy (non-hydrogen) atoms. The Kier molecular flexibility index (Phi) is 8.40. The molecule has 0 bridgehead atoms. The number of furan rings is 1. The number of aromatic nitrogens is 1. The highest BCUT2D eigenvalue weighted by Gasteiger charge is 2.22. The molecule has 0 saturated carbocycles. The Balaban J connectivity index is 0.943. The molecule has 0 unspecified atom stereocenters. The van der Waals surface area contributed by atoms with Crippen molar-refractivity contribution < 1.29 is 4.42 Å². The zero-order valence-corrected chi connectivity index (χ0v) is 35.5. The molecule has 300 valence electrons. The molecule has 0 spiro atoms. The van der Waals surface area contributed by atoms with Gasteiger partial charge in [0.1, 0.15) is 11.2 Å². The first-order valence-electron chi connectivity index (χ1n) is 21.7. The third-order valence-corrected chi connectivity index (χ3v) is 13.9.